The minimum atomic E-state index is -1.77. The molecule has 0 saturated carbocycles. The molecular weight excluding hydrogens is 833 g/mol. The molecule has 374 valence electrons. The molecule has 17 nitrogen and oxygen atoms in total. The number of amides is 1. The summed E-state index contributed by atoms with van der Waals surface area (Å²) in [4.78, 5) is 43.9. The Hall–Kier alpha value is -2.03. The number of methoxy groups -OCH3 is 3. The highest BCUT2D eigenvalue weighted by Crippen LogP contribution is 2.42. The van der Waals surface area contributed by atoms with Crippen LogP contribution in [0.4, 0.5) is 4.79 Å². The summed E-state index contributed by atoms with van der Waals surface area (Å²) in [6, 6.07) is -0.297. The van der Waals surface area contributed by atoms with Crippen LogP contribution in [0.1, 0.15) is 121 Å². The van der Waals surface area contributed by atoms with E-state index in [2.05, 4.69) is 12.2 Å². The third-order valence-electron chi connectivity index (χ3n) is 14.0. The maximum atomic E-state index is 14.6. The number of rotatable bonds is 17. The van der Waals surface area contributed by atoms with Gasteiger partial charge >= 0.3 is 12.1 Å². The lowest BCUT2D eigenvalue weighted by Crippen LogP contribution is -2.62. The van der Waals surface area contributed by atoms with Gasteiger partial charge in [-0.25, -0.2) is 4.79 Å². The SMILES string of the molecule is CCCCOCCCNC(=O)O[C@H]1[C@H](C)O[C@@H](O[C@H]2[C@H](C)[C@@H](O[C@@H]3O[C@H](C)C[C@H](N(C)C)[C@H]3O)[C@](C)(OC)C[C@@H](C)C(=O)[C@H](C)[C@@H](OC)[C@](C)(O)[C@@H](CC)OC(=O)[C@@H]2C)C[C@@]1(C)OC. The van der Waals surface area contributed by atoms with Gasteiger partial charge in [0.1, 0.15) is 29.2 Å². The highest BCUT2D eigenvalue weighted by atomic mass is 16.7. The third-order valence-corrected chi connectivity index (χ3v) is 14.0. The van der Waals surface area contributed by atoms with Gasteiger partial charge < -0.3 is 67.8 Å². The van der Waals surface area contributed by atoms with Crippen LogP contribution in [0.2, 0.25) is 0 Å². The summed E-state index contributed by atoms with van der Waals surface area (Å²) in [7, 11) is 8.26. The largest absolute Gasteiger partial charge is 0.459 e. The van der Waals surface area contributed by atoms with E-state index in [0.29, 0.717) is 32.6 Å². The van der Waals surface area contributed by atoms with Crippen molar-refractivity contribution < 1.29 is 72.0 Å². The average Bonchev–Trinajstić information content (AvgIpc) is 3.24. The van der Waals surface area contributed by atoms with Gasteiger partial charge in [-0.15, -0.1) is 0 Å². The number of esters is 1. The van der Waals surface area contributed by atoms with E-state index in [1.165, 1.54) is 28.3 Å². The van der Waals surface area contributed by atoms with Gasteiger partial charge in [-0.1, -0.05) is 41.0 Å². The van der Waals surface area contributed by atoms with Gasteiger partial charge in [0, 0.05) is 71.3 Å². The number of alkyl carbamates (subject to hydrolysis) is 1. The molecule has 3 N–H and O–H groups in total. The van der Waals surface area contributed by atoms with E-state index in [9.17, 15) is 24.6 Å². The molecular formula is C47H86N2O15. The summed E-state index contributed by atoms with van der Waals surface area (Å²) in [6.07, 6.45) is -6.12. The number of likely N-dealkylation sites (N-methyl/N-ethyl adjacent to an activating group) is 1. The Bertz CT molecular complexity index is 1450. The molecule has 1 amide bonds. The van der Waals surface area contributed by atoms with Crippen molar-refractivity contribution in [1.82, 2.24) is 10.2 Å². The molecule has 3 heterocycles. The fourth-order valence-corrected chi connectivity index (χ4v) is 10.1. The van der Waals surface area contributed by atoms with Crippen molar-refractivity contribution in [3.05, 3.63) is 0 Å². The van der Waals surface area contributed by atoms with Crippen molar-refractivity contribution >= 4 is 17.8 Å². The van der Waals surface area contributed by atoms with Crippen molar-refractivity contribution in [3.8, 4) is 0 Å². The van der Waals surface area contributed by atoms with Crippen LogP contribution in [0.25, 0.3) is 0 Å². The van der Waals surface area contributed by atoms with Gasteiger partial charge in [-0.05, 0) is 87.7 Å². The van der Waals surface area contributed by atoms with Crippen molar-refractivity contribution in [1.29, 1.82) is 0 Å². The van der Waals surface area contributed by atoms with Crippen molar-refractivity contribution in [2.24, 2.45) is 23.7 Å². The second kappa shape index (κ2) is 24.8. The summed E-state index contributed by atoms with van der Waals surface area (Å²) in [5.74, 6) is -4.08. The Kier molecular flexibility index (Phi) is 21.8. The minimum absolute atomic E-state index is 0.0901. The van der Waals surface area contributed by atoms with Gasteiger partial charge in [-0.3, -0.25) is 9.59 Å². The smallest absolute Gasteiger partial charge is 0.407 e. The van der Waals surface area contributed by atoms with Crippen LogP contribution in [-0.2, 0) is 57.0 Å². The van der Waals surface area contributed by atoms with Crippen molar-refractivity contribution in [2.75, 3.05) is 55.2 Å². The third kappa shape index (κ3) is 13.8. The molecule has 0 bridgehead atoms. The second-order valence-electron chi connectivity index (χ2n) is 19.5. The number of hydrogen-bond donors (Lipinski definition) is 3. The first-order valence-corrected chi connectivity index (χ1v) is 23.5. The number of unbranched alkanes of at least 4 members (excludes halogenated alkanes) is 1. The van der Waals surface area contributed by atoms with Crippen LogP contribution in [0.5, 0.6) is 0 Å². The zero-order chi connectivity index (χ0) is 48.3. The minimum Gasteiger partial charge on any atom is -0.459 e. The monoisotopic (exact) mass is 919 g/mol. The molecule has 0 spiro atoms. The molecule has 0 aromatic rings. The molecule has 3 aliphatic heterocycles. The van der Waals surface area contributed by atoms with Gasteiger partial charge in [0.25, 0.3) is 0 Å². The fourth-order valence-electron chi connectivity index (χ4n) is 10.1. The molecule has 0 aromatic heterocycles. The maximum absolute atomic E-state index is 14.6. The molecule has 3 fully saturated rings. The number of cyclic esters (lactones) is 1. The molecule has 64 heavy (non-hydrogen) atoms. The van der Waals surface area contributed by atoms with E-state index in [1.807, 2.05) is 46.7 Å². The summed E-state index contributed by atoms with van der Waals surface area (Å²) < 4.78 is 62.7. The van der Waals surface area contributed by atoms with E-state index < -0.39 is 108 Å². The Morgan fingerprint density at radius 2 is 1.48 bits per heavy atom. The highest BCUT2D eigenvalue weighted by molar-refractivity contribution is 5.83. The number of carbonyl (C=O) groups is 3. The predicted octanol–water partition coefficient (Wildman–Crippen LogP) is 5.03. The first kappa shape index (κ1) is 56.3. The van der Waals surface area contributed by atoms with E-state index in [1.54, 1.807) is 34.6 Å². The molecule has 0 aliphatic carbocycles. The molecule has 18 atom stereocenters. The Morgan fingerprint density at radius 1 is 0.859 bits per heavy atom. The normalized spacial score (nSPS) is 41.9. The zero-order valence-corrected chi connectivity index (χ0v) is 41.9. The summed E-state index contributed by atoms with van der Waals surface area (Å²) in [6.45, 7) is 21.4. The molecule has 3 rings (SSSR count). The van der Waals surface area contributed by atoms with Crippen LogP contribution in [-0.4, -0.2) is 172 Å². The van der Waals surface area contributed by atoms with Crippen molar-refractivity contribution in [2.45, 2.75) is 205 Å². The number of Topliss-reactive ketones (excluding diaryl/α,β-unsaturated/α-hetero) is 1. The van der Waals surface area contributed by atoms with E-state index in [4.69, 9.17) is 47.4 Å². The first-order valence-electron chi connectivity index (χ1n) is 23.5. The molecule has 3 aliphatic rings. The van der Waals surface area contributed by atoms with E-state index in [0.717, 1.165) is 12.8 Å². The lowest BCUT2D eigenvalue weighted by atomic mass is 9.73. The summed E-state index contributed by atoms with van der Waals surface area (Å²) in [5.41, 5.74) is -4.12. The Balaban J connectivity index is 2.10. The van der Waals surface area contributed by atoms with Gasteiger partial charge in [0.15, 0.2) is 18.7 Å². The number of nitrogens with one attached hydrogen (secondary N) is 1. The van der Waals surface area contributed by atoms with Crippen LogP contribution in [0.3, 0.4) is 0 Å². The summed E-state index contributed by atoms with van der Waals surface area (Å²) in [5, 5.41) is 26.6. The van der Waals surface area contributed by atoms with Crippen LogP contribution >= 0.6 is 0 Å². The number of ether oxygens (including phenoxy) is 10. The number of hydrogen-bond acceptors (Lipinski definition) is 16. The van der Waals surface area contributed by atoms with Crippen LogP contribution in [0.15, 0.2) is 0 Å². The first-order chi connectivity index (χ1) is 30.0. The van der Waals surface area contributed by atoms with Gasteiger partial charge in [0.2, 0.25) is 0 Å². The quantitative estimate of drug-likeness (QED) is 0.130. The topological polar surface area (TPSA) is 199 Å². The van der Waals surface area contributed by atoms with Gasteiger partial charge in [0.05, 0.1) is 42.0 Å². The lowest BCUT2D eigenvalue weighted by molar-refractivity contribution is -0.319. The van der Waals surface area contributed by atoms with Crippen LogP contribution in [0, 0.1) is 23.7 Å². The molecule has 0 radical (unpaired) electrons. The molecule has 3 saturated heterocycles. The predicted molar refractivity (Wildman–Crippen MR) is 238 cm³/mol. The summed E-state index contributed by atoms with van der Waals surface area (Å²) >= 11 is 0. The van der Waals surface area contributed by atoms with Crippen LogP contribution < -0.4 is 5.32 Å². The lowest BCUT2D eigenvalue weighted by Gasteiger charge is -2.50. The number of nitrogens with zero attached hydrogens (tertiary/aromatic N) is 1. The number of carbonyl (C=O) groups excluding carboxylic acids is 3. The second-order valence-corrected chi connectivity index (χ2v) is 19.5. The fraction of sp³-hybridized carbons (Fsp3) is 0.936. The zero-order valence-electron chi connectivity index (χ0n) is 41.9. The number of aliphatic hydroxyl groups excluding tert-OH is 1. The van der Waals surface area contributed by atoms with Gasteiger partial charge in [-0.2, -0.15) is 0 Å². The number of aliphatic hydroxyl groups is 2. The standard InChI is InChI=1S/C47H86N2O15/c1-17-19-22-58-23-20-21-48-44(53)64-41-32(8)60-35(26-46(41,10)57-16)62-38-30(6)39(63-43-37(51)33(49(12)13)24-28(4)59-43)45(9,56-15)25-27(3)36(50)29(5)40(55-14)47(11,54)34(18-2)61-42(52)31(38)7/h27-35,37-41,43,51,54H,17-26H2,1-16H3,(H,48,53)/t27-,28-,29+,30+,31-,32+,33+,34-,35+,37-,38+,39-,40-,41+,43+,45-,46-,47-/m1/s1. The Labute approximate surface area is 383 Å². The molecule has 0 aromatic carbocycles. The highest BCUT2D eigenvalue weighted by Gasteiger charge is 2.55. The average molecular weight is 919 g/mol. The maximum Gasteiger partial charge on any atom is 0.407 e. The van der Waals surface area contributed by atoms with E-state index >= 15 is 0 Å². The van der Waals surface area contributed by atoms with Crippen molar-refractivity contribution in [3.63, 3.8) is 0 Å². The Morgan fingerprint density at radius 3 is 2.06 bits per heavy atom. The molecule has 0 unspecified atom stereocenters. The van der Waals surface area contributed by atoms with E-state index in [-0.39, 0.29) is 37.2 Å². The molecule has 17 heteroatoms. The number of ketones is 1.